The predicted octanol–water partition coefficient (Wildman–Crippen LogP) is 1.83. The van der Waals surface area contributed by atoms with Crippen molar-refractivity contribution >= 4 is 26.7 Å². The SMILES string of the molecule is CCC(N)CS(=O)Cc1ccc(Br)cn1. The van der Waals surface area contributed by atoms with E-state index in [1.165, 1.54) is 0 Å². The molecule has 0 aliphatic heterocycles. The second kappa shape index (κ2) is 6.35. The van der Waals surface area contributed by atoms with E-state index in [0.717, 1.165) is 16.6 Å². The van der Waals surface area contributed by atoms with Crippen LogP contribution in [0.25, 0.3) is 0 Å². The van der Waals surface area contributed by atoms with Gasteiger partial charge in [0.15, 0.2) is 0 Å². The van der Waals surface area contributed by atoms with Crippen LogP contribution in [0.3, 0.4) is 0 Å². The molecule has 0 spiro atoms. The fraction of sp³-hybridized carbons (Fsp3) is 0.500. The molecule has 15 heavy (non-hydrogen) atoms. The van der Waals surface area contributed by atoms with Crippen molar-refractivity contribution < 1.29 is 4.21 Å². The number of pyridine rings is 1. The van der Waals surface area contributed by atoms with Crippen molar-refractivity contribution in [2.75, 3.05) is 5.75 Å². The zero-order valence-corrected chi connectivity index (χ0v) is 11.1. The molecule has 0 aliphatic carbocycles. The van der Waals surface area contributed by atoms with Crippen molar-refractivity contribution in [2.24, 2.45) is 5.73 Å². The van der Waals surface area contributed by atoms with Gasteiger partial charge in [0.1, 0.15) is 0 Å². The van der Waals surface area contributed by atoms with Crippen molar-refractivity contribution in [2.45, 2.75) is 25.1 Å². The van der Waals surface area contributed by atoms with Gasteiger partial charge in [-0.25, -0.2) is 0 Å². The number of hydrogen-bond acceptors (Lipinski definition) is 3. The van der Waals surface area contributed by atoms with Gasteiger partial charge in [-0.2, -0.15) is 0 Å². The Morgan fingerprint density at radius 1 is 1.60 bits per heavy atom. The van der Waals surface area contributed by atoms with Gasteiger partial charge in [0.2, 0.25) is 0 Å². The van der Waals surface area contributed by atoms with E-state index in [0.29, 0.717) is 11.5 Å². The van der Waals surface area contributed by atoms with Gasteiger partial charge in [-0.1, -0.05) is 6.92 Å². The Morgan fingerprint density at radius 3 is 2.87 bits per heavy atom. The van der Waals surface area contributed by atoms with E-state index in [2.05, 4.69) is 20.9 Å². The monoisotopic (exact) mass is 290 g/mol. The molecule has 0 radical (unpaired) electrons. The van der Waals surface area contributed by atoms with E-state index in [4.69, 9.17) is 5.73 Å². The Bertz CT molecular complexity index is 329. The third-order valence-corrected chi connectivity index (χ3v) is 3.91. The van der Waals surface area contributed by atoms with Crippen LogP contribution in [0.2, 0.25) is 0 Å². The van der Waals surface area contributed by atoms with Gasteiger partial charge >= 0.3 is 0 Å². The maximum absolute atomic E-state index is 11.6. The first-order valence-corrected chi connectivity index (χ1v) is 7.11. The van der Waals surface area contributed by atoms with Crippen molar-refractivity contribution in [1.29, 1.82) is 0 Å². The van der Waals surface area contributed by atoms with Crippen molar-refractivity contribution in [3.05, 3.63) is 28.5 Å². The van der Waals surface area contributed by atoms with E-state index in [9.17, 15) is 4.21 Å². The van der Waals surface area contributed by atoms with Crippen LogP contribution in [0.1, 0.15) is 19.0 Å². The van der Waals surface area contributed by atoms with E-state index in [1.54, 1.807) is 6.20 Å². The van der Waals surface area contributed by atoms with E-state index < -0.39 is 10.8 Å². The largest absolute Gasteiger partial charge is 0.327 e. The number of rotatable bonds is 5. The van der Waals surface area contributed by atoms with Crippen LogP contribution in [-0.4, -0.2) is 21.0 Å². The minimum Gasteiger partial charge on any atom is -0.327 e. The second-order valence-electron chi connectivity index (χ2n) is 3.39. The molecule has 1 aromatic rings. The van der Waals surface area contributed by atoms with Crippen LogP contribution in [0.4, 0.5) is 0 Å². The molecule has 0 amide bonds. The fourth-order valence-corrected chi connectivity index (χ4v) is 2.64. The van der Waals surface area contributed by atoms with Gasteiger partial charge in [-0.05, 0) is 34.5 Å². The summed E-state index contributed by atoms with van der Waals surface area (Å²) >= 11 is 3.30. The van der Waals surface area contributed by atoms with Crippen LogP contribution in [0.15, 0.2) is 22.8 Å². The van der Waals surface area contributed by atoms with E-state index in [-0.39, 0.29) is 6.04 Å². The molecule has 0 saturated heterocycles. The third-order valence-electron chi connectivity index (χ3n) is 2.02. The zero-order valence-electron chi connectivity index (χ0n) is 8.65. The summed E-state index contributed by atoms with van der Waals surface area (Å²) < 4.78 is 12.6. The Labute approximate surface area is 101 Å². The van der Waals surface area contributed by atoms with Crippen LogP contribution in [-0.2, 0) is 16.6 Å². The number of nitrogens with two attached hydrogens (primary N) is 1. The van der Waals surface area contributed by atoms with Gasteiger partial charge in [-0.3, -0.25) is 9.19 Å². The summed E-state index contributed by atoms with van der Waals surface area (Å²) in [5.41, 5.74) is 6.58. The first-order chi connectivity index (χ1) is 7.11. The molecule has 5 heteroatoms. The van der Waals surface area contributed by atoms with Crippen LogP contribution < -0.4 is 5.73 Å². The van der Waals surface area contributed by atoms with Crippen molar-refractivity contribution in [3.63, 3.8) is 0 Å². The summed E-state index contributed by atoms with van der Waals surface area (Å²) in [6.45, 7) is 2.00. The molecule has 0 aliphatic rings. The molecule has 2 unspecified atom stereocenters. The van der Waals surface area contributed by atoms with E-state index >= 15 is 0 Å². The standard InChI is InChI=1S/C10H15BrN2OS/c1-2-9(12)6-15(14)7-10-4-3-8(11)5-13-10/h3-5,9H,2,6-7,12H2,1H3. The Morgan fingerprint density at radius 2 is 2.33 bits per heavy atom. The first kappa shape index (κ1) is 12.8. The summed E-state index contributed by atoms with van der Waals surface area (Å²) in [7, 11) is -0.910. The lowest BCUT2D eigenvalue weighted by molar-refractivity contribution is 0.662. The van der Waals surface area contributed by atoms with E-state index in [1.807, 2.05) is 19.1 Å². The smallest absolute Gasteiger partial charge is 0.0659 e. The summed E-state index contributed by atoms with van der Waals surface area (Å²) in [5.74, 6) is 1.04. The molecule has 0 fully saturated rings. The minimum absolute atomic E-state index is 0.0290. The second-order valence-corrected chi connectivity index (χ2v) is 5.80. The number of halogens is 1. The lowest BCUT2D eigenvalue weighted by Crippen LogP contribution is -2.26. The normalized spacial score (nSPS) is 14.9. The predicted molar refractivity (Wildman–Crippen MR) is 66.9 cm³/mol. The summed E-state index contributed by atoms with van der Waals surface area (Å²) in [6, 6.07) is 3.81. The Balaban J connectivity index is 2.48. The topological polar surface area (TPSA) is 56.0 Å². The summed E-state index contributed by atoms with van der Waals surface area (Å²) in [4.78, 5) is 4.17. The summed E-state index contributed by atoms with van der Waals surface area (Å²) in [6.07, 6.45) is 2.58. The molecule has 0 bridgehead atoms. The number of nitrogens with zero attached hydrogens (tertiary/aromatic N) is 1. The molecular formula is C10H15BrN2OS. The zero-order chi connectivity index (χ0) is 11.3. The minimum atomic E-state index is -0.910. The lowest BCUT2D eigenvalue weighted by Gasteiger charge is -2.07. The molecular weight excluding hydrogens is 276 g/mol. The molecule has 3 nitrogen and oxygen atoms in total. The molecule has 2 N–H and O–H groups in total. The average molecular weight is 291 g/mol. The van der Waals surface area contributed by atoms with Gasteiger partial charge in [0.25, 0.3) is 0 Å². The molecule has 0 aromatic carbocycles. The maximum Gasteiger partial charge on any atom is 0.0659 e. The fourth-order valence-electron chi connectivity index (χ4n) is 1.07. The maximum atomic E-state index is 11.6. The molecule has 1 heterocycles. The van der Waals surface area contributed by atoms with Crippen LogP contribution >= 0.6 is 15.9 Å². The first-order valence-electron chi connectivity index (χ1n) is 4.82. The number of aromatic nitrogens is 1. The van der Waals surface area contributed by atoms with Gasteiger partial charge in [0, 0.05) is 33.3 Å². The highest BCUT2D eigenvalue weighted by atomic mass is 79.9. The molecule has 2 atom stereocenters. The molecule has 1 rings (SSSR count). The quantitative estimate of drug-likeness (QED) is 0.900. The molecule has 84 valence electrons. The third kappa shape index (κ3) is 4.86. The molecule has 0 saturated carbocycles. The highest BCUT2D eigenvalue weighted by molar-refractivity contribution is 9.10. The van der Waals surface area contributed by atoms with Crippen molar-refractivity contribution in [3.8, 4) is 0 Å². The summed E-state index contributed by atoms with van der Waals surface area (Å²) in [5, 5.41) is 0. The van der Waals surface area contributed by atoms with Gasteiger partial charge in [0.05, 0.1) is 11.4 Å². The van der Waals surface area contributed by atoms with Crippen molar-refractivity contribution in [1.82, 2.24) is 4.98 Å². The van der Waals surface area contributed by atoms with Gasteiger partial charge < -0.3 is 5.73 Å². The van der Waals surface area contributed by atoms with Crippen LogP contribution in [0, 0.1) is 0 Å². The Kier molecular flexibility index (Phi) is 5.42. The average Bonchev–Trinajstić information content (AvgIpc) is 2.21. The van der Waals surface area contributed by atoms with Gasteiger partial charge in [-0.15, -0.1) is 0 Å². The Hall–Kier alpha value is -0.260. The number of hydrogen-bond donors (Lipinski definition) is 1. The van der Waals surface area contributed by atoms with Crippen LogP contribution in [0.5, 0.6) is 0 Å². The highest BCUT2D eigenvalue weighted by Crippen LogP contribution is 2.09. The highest BCUT2D eigenvalue weighted by Gasteiger charge is 2.07. The molecule has 1 aromatic heterocycles. The lowest BCUT2D eigenvalue weighted by atomic mass is 10.3.